The van der Waals surface area contributed by atoms with Crippen molar-refractivity contribution in [1.82, 2.24) is 10.2 Å². The van der Waals surface area contributed by atoms with Gasteiger partial charge in [-0.3, -0.25) is 4.79 Å². The third kappa shape index (κ3) is 4.30. The van der Waals surface area contributed by atoms with Crippen molar-refractivity contribution < 1.29 is 13.9 Å². The molecule has 24 heavy (non-hydrogen) atoms. The molecular formula is C17H15N3O3S. The molecule has 0 aliphatic rings. The molecule has 3 rings (SSSR count). The topological polar surface area (TPSA) is 80.1 Å². The molecule has 1 heterocycles. The highest BCUT2D eigenvalue weighted by molar-refractivity contribution is 7.71. The summed E-state index contributed by atoms with van der Waals surface area (Å²) in [6, 6.07) is 16.5. The fourth-order valence-electron chi connectivity index (χ4n) is 2.05. The number of amides is 1. The zero-order valence-corrected chi connectivity index (χ0v) is 13.5. The number of hydrogen-bond donors (Lipinski definition) is 2. The van der Waals surface area contributed by atoms with Gasteiger partial charge >= 0.3 is 0 Å². The number of aromatic amines is 1. The van der Waals surface area contributed by atoms with Crippen molar-refractivity contribution in [3.63, 3.8) is 0 Å². The van der Waals surface area contributed by atoms with Crippen LogP contribution in [0, 0.1) is 4.84 Å². The number of rotatable bonds is 6. The summed E-state index contributed by atoms with van der Waals surface area (Å²) < 4.78 is 10.7. The molecule has 2 N–H and O–H groups in total. The fraction of sp³-hybridized carbons (Fsp3) is 0.118. The van der Waals surface area contributed by atoms with Gasteiger partial charge in [0.15, 0.2) is 0 Å². The van der Waals surface area contributed by atoms with Gasteiger partial charge in [-0.1, -0.05) is 18.2 Å². The molecule has 0 fully saturated rings. The summed E-state index contributed by atoms with van der Waals surface area (Å²) in [5, 5.41) is 9.33. The lowest BCUT2D eigenvalue weighted by molar-refractivity contribution is -0.116. The van der Waals surface area contributed by atoms with E-state index in [0.717, 1.165) is 11.3 Å². The van der Waals surface area contributed by atoms with Gasteiger partial charge in [-0.25, -0.2) is 5.10 Å². The van der Waals surface area contributed by atoms with Crippen LogP contribution < -0.4 is 10.1 Å². The fourth-order valence-corrected chi connectivity index (χ4v) is 2.18. The van der Waals surface area contributed by atoms with Crippen molar-refractivity contribution in [2.45, 2.75) is 6.42 Å². The summed E-state index contributed by atoms with van der Waals surface area (Å²) in [4.78, 5) is 12.1. The Hall–Kier alpha value is -2.93. The van der Waals surface area contributed by atoms with Gasteiger partial charge in [-0.05, 0) is 48.6 Å². The Morgan fingerprint density at radius 1 is 1.17 bits per heavy atom. The van der Waals surface area contributed by atoms with Gasteiger partial charge in [0.25, 0.3) is 4.84 Å². The van der Waals surface area contributed by atoms with Crippen molar-refractivity contribution in [3.8, 4) is 17.2 Å². The zero-order chi connectivity index (χ0) is 16.8. The maximum Gasteiger partial charge on any atom is 0.284 e. The number of benzene rings is 2. The number of anilines is 1. The minimum atomic E-state index is -0.115. The van der Waals surface area contributed by atoms with Crippen LogP contribution in [0.15, 0.2) is 59.0 Å². The number of H-pyrrole nitrogens is 1. The van der Waals surface area contributed by atoms with Crippen LogP contribution in [0.4, 0.5) is 5.69 Å². The second-order valence-electron chi connectivity index (χ2n) is 4.96. The molecule has 0 atom stereocenters. The lowest BCUT2D eigenvalue weighted by Gasteiger charge is -2.07. The van der Waals surface area contributed by atoms with Crippen LogP contribution in [0.25, 0.3) is 11.5 Å². The van der Waals surface area contributed by atoms with Crippen molar-refractivity contribution in [3.05, 3.63) is 59.4 Å². The number of nitrogens with one attached hydrogen (secondary N) is 2. The predicted octanol–water partition coefficient (Wildman–Crippen LogP) is 3.81. The van der Waals surface area contributed by atoms with Gasteiger partial charge in [0.1, 0.15) is 5.75 Å². The van der Waals surface area contributed by atoms with Crippen molar-refractivity contribution in [1.29, 1.82) is 0 Å². The first-order chi connectivity index (χ1) is 11.7. The Morgan fingerprint density at radius 2 is 1.92 bits per heavy atom. The summed E-state index contributed by atoms with van der Waals surface area (Å²) >= 11 is 4.84. The number of carbonyl (C=O) groups is 1. The smallest absolute Gasteiger partial charge is 0.284 e. The van der Waals surface area contributed by atoms with Crippen LogP contribution >= 0.6 is 12.2 Å². The monoisotopic (exact) mass is 341 g/mol. The summed E-state index contributed by atoms with van der Waals surface area (Å²) in [5.41, 5.74) is 1.46. The molecule has 6 nitrogen and oxygen atoms in total. The molecule has 0 saturated heterocycles. The van der Waals surface area contributed by atoms with Gasteiger partial charge in [0.05, 0.1) is 13.0 Å². The SMILES string of the molecule is O=C(CCOc1ccccc1)Nc1ccc(-c2n[nH]c(=S)o2)cc1. The Balaban J connectivity index is 1.50. The number of carbonyl (C=O) groups excluding carboxylic acids is 1. The van der Waals surface area contributed by atoms with Crippen molar-refractivity contribution in [2.24, 2.45) is 0 Å². The van der Waals surface area contributed by atoms with Crippen LogP contribution in [-0.4, -0.2) is 22.7 Å². The number of hydrogen-bond acceptors (Lipinski definition) is 5. The van der Waals surface area contributed by atoms with Gasteiger partial charge in [-0.2, -0.15) is 0 Å². The Labute approximate surface area is 143 Å². The summed E-state index contributed by atoms with van der Waals surface area (Å²) in [5.74, 6) is 1.05. The highest BCUT2D eigenvalue weighted by Gasteiger charge is 2.06. The molecule has 7 heteroatoms. The Kier molecular flexibility index (Phi) is 5.02. The highest BCUT2D eigenvalue weighted by atomic mass is 32.1. The molecule has 0 aliphatic carbocycles. The van der Waals surface area contributed by atoms with Crippen molar-refractivity contribution >= 4 is 23.8 Å². The van der Waals surface area contributed by atoms with Gasteiger partial charge in [-0.15, -0.1) is 5.10 Å². The van der Waals surface area contributed by atoms with Crippen LogP contribution in [-0.2, 0) is 4.79 Å². The van der Waals surface area contributed by atoms with Crippen LogP contribution in [0.2, 0.25) is 0 Å². The molecule has 1 aromatic heterocycles. The summed E-state index contributed by atoms with van der Waals surface area (Å²) in [7, 11) is 0. The minimum Gasteiger partial charge on any atom is -0.493 e. The second kappa shape index (κ2) is 7.56. The maximum absolute atomic E-state index is 11.9. The molecule has 0 radical (unpaired) electrons. The van der Waals surface area contributed by atoms with E-state index in [2.05, 4.69) is 15.5 Å². The molecule has 0 bridgehead atoms. The van der Waals surface area contributed by atoms with E-state index in [9.17, 15) is 4.79 Å². The van der Waals surface area contributed by atoms with E-state index in [-0.39, 0.29) is 17.2 Å². The average molecular weight is 341 g/mol. The van der Waals surface area contributed by atoms with Gasteiger partial charge < -0.3 is 14.5 Å². The van der Waals surface area contributed by atoms with Gasteiger partial charge in [0.2, 0.25) is 11.8 Å². The van der Waals surface area contributed by atoms with E-state index in [4.69, 9.17) is 21.4 Å². The Morgan fingerprint density at radius 3 is 2.58 bits per heavy atom. The molecule has 0 aliphatic heterocycles. The minimum absolute atomic E-state index is 0.115. The standard InChI is InChI=1S/C17H15N3O3S/c21-15(10-11-22-14-4-2-1-3-5-14)18-13-8-6-12(7-9-13)16-19-20-17(24)23-16/h1-9H,10-11H2,(H,18,21)(H,20,24). The van der Waals surface area contributed by atoms with E-state index in [0.29, 0.717) is 18.2 Å². The normalized spacial score (nSPS) is 10.3. The maximum atomic E-state index is 11.9. The lowest BCUT2D eigenvalue weighted by Crippen LogP contribution is -2.15. The quantitative estimate of drug-likeness (QED) is 0.667. The summed E-state index contributed by atoms with van der Waals surface area (Å²) in [6.45, 7) is 0.321. The molecule has 1 amide bonds. The number of ether oxygens (including phenoxy) is 1. The average Bonchev–Trinajstić information content (AvgIpc) is 3.03. The largest absolute Gasteiger partial charge is 0.493 e. The third-order valence-electron chi connectivity index (χ3n) is 3.19. The van der Waals surface area contributed by atoms with E-state index in [1.165, 1.54) is 0 Å². The van der Waals surface area contributed by atoms with E-state index in [1.54, 1.807) is 24.3 Å². The molecule has 0 saturated carbocycles. The number of nitrogens with zero attached hydrogens (tertiary/aromatic N) is 1. The first kappa shape index (κ1) is 15.9. The summed E-state index contributed by atoms with van der Waals surface area (Å²) in [6.07, 6.45) is 0.269. The highest BCUT2D eigenvalue weighted by Crippen LogP contribution is 2.19. The molecule has 0 spiro atoms. The van der Waals surface area contributed by atoms with E-state index >= 15 is 0 Å². The number of aromatic nitrogens is 2. The van der Waals surface area contributed by atoms with Gasteiger partial charge in [0, 0.05) is 11.3 Å². The number of para-hydroxylation sites is 1. The van der Waals surface area contributed by atoms with Crippen LogP contribution in [0.3, 0.4) is 0 Å². The van der Waals surface area contributed by atoms with Crippen LogP contribution in [0.1, 0.15) is 6.42 Å². The molecule has 2 aromatic carbocycles. The first-order valence-corrected chi connectivity index (χ1v) is 7.75. The Bertz CT molecular complexity index is 857. The van der Waals surface area contributed by atoms with E-state index in [1.807, 2.05) is 30.3 Å². The molecule has 122 valence electrons. The molecule has 3 aromatic rings. The lowest BCUT2D eigenvalue weighted by atomic mass is 10.2. The van der Waals surface area contributed by atoms with E-state index < -0.39 is 0 Å². The zero-order valence-electron chi connectivity index (χ0n) is 12.7. The first-order valence-electron chi connectivity index (χ1n) is 7.34. The van der Waals surface area contributed by atoms with Crippen LogP contribution in [0.5, 0.6) is 5.75 Å². The van der Waals surface area contributed by atoms with Crippen molar-refractivity contribution in [2.75, 3.05) is 11.9 Å². The third-order valence-corrected chi connectivity index (χ3v) is 3.37. The second-order valence-corrected chi connectivity index (χ2v) is 5.33. The molecular weight excluding hydrogens is 326 g/mol. The predicted molar refractivity (Wildman–Crippen MR) is 92.3 cm³/mol. The molecule has 0 unspecified atom stereocenters.